The van der Waals surface area contributed by atoms with Crippen molar-refractivity contribution in [3.63, 3.8) is 0 Å². The molecule has 4 aromatic heterocycles. The van der Waals surface area contributed by atoms with E-state index in [4.69, 9.17) is 4.74 Å². The molecule has 0 spiro atoms. The topological polar surface area (TPSA) is 72.9 Å². The first kappa shape index (κ1) is 16.0. The second-order valence-electron chi connectivity index (χ2n) is 7.02. The molecular weight excluding hydrogens is 342 g/mol. The Morgan fingerprint density at radius 3 is 2.78 bits per heavy atom. The predicted octanol–water partition coefficient (Wildman–Crippen LogP) is 2.38. The van der Waals surface area contributed by atoms with Crippen molar-refractivity contribution in [2.45, 2.75) is 19.8 Å². The molecule has 0 aromatic carbocycles. The molecule has 0 aliphatic carbocycles. The highest BCUT2D eigenvalue weighted by atomic mass is 16.5. The van der Waals surface area contributed by atoms with Crippen molar-refractivity contribution >= 4 is 17.1 Å². The van der Waals surface area contributed by atoms with Gasteiger partial charge in [-0.15, -0.1) is 10.2 Å². The molecule has 0 unspecified atom stereocenters. The number of ether oxygens (including phenoxy) is 1. The molecule has 1 fully saturated rings. The Balaban J connectivity index is 1.18. The third-order valence-corrected chi connectivity index (χ3v) is 5.06. The van der Waals surface area contributed by atoms with Crippen LogP contribution in [0.15, 0.2) is 42.9 Å². The molecule has 1 saturated heterocycles. The number of nitrogens with zero attached hydrogens (tertiary/aromatic N) is 7. The Morgan fingerprint density at radius 1 is 1.04 bits per heavy atom. The Labute approximate surface area is 156 Å². The molecule has 0 amide bonds. The fraction of sp³-hybridized carbons (Fsp3) is 0.368. The number of imidazole rings is 2. The summed E-state index contributed by atoms with van der Waals surface area (Å²) in [6.07, 6.45) is 7.72. The Kier molecular flexibility index (Phi) is 3.88. The van der Waals surface area contributed by atoms with Crippen LogP contribution in [0, 0.1) is 12.8 Å². The lowest BCUT2D eigenvalue weighted by Gasteiger charge is -2.32. The van der Waals surface area contributed by atoms with Crippen molar-refractivity contribution < 1.29 is 4.74 Å². The molecule has 0 atom stereocenters. The molecule has 27 heavy (non-hydrogen) atoms. The van der Waals surface area contributed by atoms with Crippen LogP contribution < -0.4 is 9.64 Å². The van der Waals surface area contributed by atoms with Crippen LogP contribution in [0.3, 0.4) is 0 Å². The highest BCUT2D eigenvalue weighted by Gasteiger charge is 2.21. The fourth-order valence-electron chi connectivity index (χ4n) is 3.57. The van der Waals surface area contributed by atoms with Gasteiger partial charge >= 0.3 is 0 Å². The smallest absolute Gasteiger partial charge is 0.231 e. The summed E-state index contributed by atoms with van der Waals surface area (Å²) in [6.45, 7) is 4.61. The van der Waals surface area contributed by atoms with Crippen LogP contribution in [0.4, 0.5) is 5.82 Å². The molecule has 1 aliphatic heterocycles. The highest BCUT2D eigenvalue weighted by Crippen LogP contribution is 2.23. The van der Waals surface area contributed by atoms with Gasteiger partial charge in [-0.05, 0) is 43.9 Å². The SMILES string of the molecule is Cc1cn2nc(OCC3CCN(c4ccc5nccn5n4)CC3)ccc2n1. The first-order chi connectivity index (χ1) is 13.2. The number of piperidine rings is 1. The number of aromatic nitrogens is 6. The van der Waals surface area contributed by atoms with E-state index in [1.54, 1.807) is 10.7 Å². The molecule has 8 nitrogen and oxygen atoms in total. The summed E-state index contributed by atoms with van der Waals surface area (Å²) in [4.78, 5) is 11.0. The maximum Gasteiger partial charge on any atom is 0.231 e. The van der Waals surface area contributed by atoms with E-state index >= 15 is 0 Å². The highest BCUT2D eigenvalue weighted by molar-refractivity contribution is 5.46. The third kappa shape index (κ3) is 3.18. The molecule has 0 radical (unpaired) electrons. The first-order valence-corrected chi connectivity index (χ1v) is 9.26. The Bertz CT molecular complexity index is 1080. The first-order valence-electron chi connectivity index (χ1n) is 9.26. The average Bonchev–Trinajstić information content (AvgIpc) is 3.31. The molecule has 4 aromatic rings. The molecule has 138 valence electrons. The number of rotatable bonds is 4. The monoisotopic (exact) mass is 363 g/mol. The van der Waals surface area contributed by atoms with E-state index in [9.17, 15) is 0 Å². The number of aryl methyl sites for hydroxylation is 1. The van der Waals surface area contributed by atoms with Gasteiger partial charge in [0.2, 0.25) is 5.88 Å². The van der Waals surface area contributed by atoms with Crippen LogP contribution >= 0.6 is 0 Å². The van der Waals surface area contributed by atoms with Gasteiger partial charge in [-0.2, -0.15) is 0 Å². The molecule has 5 rings (SSSR count). The lowest BCUT2D eigenvalue weighted by atomic mass is 9.98. The van der Waals surface area contributed by atoms with Crippen molar-refractivity contribution in [3.05, 3.63) is 48.5 Å². The van der Waals surface area contributed by atoms with E-state index in [-0.39, 0.29) is 0 Å². The normalized spacial score (nSPS) is 15.7. The van der Waals surface area contributed by atoms with Gasteiger partial charge in [0.1, 0.15) is 5.82 Å². The summed E-state index contributed by atoms with van der Waals surface area (Å²) in [6, 6.07) is 7.89. The van der Waals surface area contributed by atoms with Gasteiger partial charge in [0, 0.05) is 31.5 Å². The molecule has 0 saturated carbocycles. The Hall–Kier alpha value is -3.16. The van der Waals surface area contributed by atoms with E-state index in [0.717, 1.165) is 48.7 Å². The zero-order chi connectivity index (χ0) is 18.2. The maximum absolute atomic E-state index is 5.94. The minimum atomic E-state index is 0.528. The van der Waals surface area contributed by atoms with Crippen molar-refractivity contribution in [1.29, 1.82) is 0 Å². The van der Waals surface area contributed by atoms with Crippen molar-refractivity contribution in [1.82, 2.24) is 29.2 Å². The fourth-order valence-corrected chi connectivity index (χ4v) is 3.57. The van der Waals surface area contributed by atoms with Gasteiger partial charge in [0.25, 0.3) is 0 Å². The minimum Gasteiger partial charge on any atom is -0.476 e. The number of hydrogen-bond donors (Lipinski definition) is 0. The van der Waals surface area contributed by atoms with Gasteiger partial charge in [0.15, 0.2) is 11.3 Å². The number of fused-ring (bicyclic) bond motifs is 2. The summed E-state index contributed by atoms with van der Waals surface area (Å²) in [5.74, 6) is 2.18. The zero-order valence-electron chi connectivity index (χ0n) is 15.2. The van der Waals surface area contributed by atoms with Crippen LogP contribution in [-0.2, 0) is 0 Å². The largest absolute Gasteiger partial charge is 0.476 e. The van der Waals surface area contributed by atoms with Crippen molar-refractivity contribution in [2.24, 2.45) is 5.92 Å². The lowest BCUT2D eigenvalue weighted by molar-refractivity contribution is 0.213. The summed E-state index contributed by atoms with van der Waals surface area (Å²) in [5.41, 5.74) is 2.67. The van der Waals surface area contributed by atoms with E-state index in [1.807, 2.05) is 48.1 Å². The van der Waals surface area contributed by atoms with Gasteiger partial charge in [-0.25, -0.2) is 19.0 Å². The quantitative estimate of drug-likeness (QED) is 0.554. The standard InChI is InChI=1S/C19H21N7O/c1-14-12-26-17(21-14)4-5-19(23-26)27-13-15-6-9-24(10-7-15)18-3-2-16-20-8-11-25(16)22-18/h2-5,8,11-12,15H,6-7,9-10,13H2,1H3. The molecule has 5 heterocycles. The summed E-state index contributed by atoms with van der Waals surface area (Å²) in [7, 11) is 0. The minimum absolute atomic E-state index is 0.528. The van der Waals surface area contributed by atoms with E-state index in [1.165, 1.54) is 0 Å². The zero-order valence-corrected chi connectivity index (χ0v) is 15.2. The Morgan fingerprint density at radius 2 is 1.89 bits per heavy atom. The molecule has 0 N–H and O–H groups in total. The van der Waals surface area contributed by atoms with Crippen LogP contribution in [0.1, 0.15) is 18.5 Å². The van der Waals surface area contributed by atoms with Gasteiger partial charge < -0.3 is 9.64 Å². The second kappa shape index (κ2) is 6.53. The van der Waals surface area contributed by atoms with Crippen LogP contribution in [0.25, 0.3) is 11.3 Å². The van der Waals surface area contributed by atoms with Gasteiger partial charge in [0.05, 0.1) is 18.5 Å². The van der Waals surface area contributed by atoms with Crippen molar-refractivity contribution in [3.8, 4) is 5.88 Å². The van der Waals surface area contributed by atoms with E-state index in [2.05, 4.69) is 25.1 Å². The van der Waals surface area contributed by atoms with Crippen LogP contribution in [0.5, 0.6) is 5.88 Å². The summed E-state index contributed by atoms with van der Waals surface area (Å²) < 4.78 is 9.54. The molecule has 1 aliphatic rings. The third-order valence-electron chi connectivity index (χ3n) is 5.06. The lowest BCUT2D eigenvalue weighted by Crippen LogP contribution is -2.36. The van der Waals surface area contributed by atoms with Gasteiger partial charge in [-0.3, -0.25) is 0 Å². The average molecular weight is 363 g/mol. The van der Waals surface area contributed by atoms with E-state index < -0.39 is 0 Å². The number of anilines is 1. The van der Waals surface area contributed by atoms with Gasteiger partial charge in [-0.1, -0.05) is 0 Å². The van der Waals surface area contributed by atoms with Crippen LogP contribution in [-0.4, -0.2) is 48.9 Å². The second-order valence-corrected chi connectivity index (χ2v) is 7.02. The van der Waals surface area contributed by atoms with Crippen molar-refractivity contribution in [2.75, 3.05) is 24.6 Å². The predicted molar refractivity (Wildman–Crippen MR) is 101 cm³/mol. The van der Waals surface area contributed by atoms with Crippen LogP contribution in [0.2, 0.25) is 0 Å². The number of hydrogen-bond acceptors (Lipinski definition) is 6. The van der Waals surface area contributed by atoms with E-state index in [0.29, 0.717) is 18.4 Å². The summed E-state index contributed by atoms with van der Waals surface area (Å²) >= 11 is 0. The molecule has 8 heteroatoms. The summed E-state index contributed by atoms with van der Waals surface area (Å²) in [5, 5.41) is 9.11. The maximum atomic E-state index is 5.94. The molecular formula is C19H21N7O. The molecule has 0 bridgehead atoms.